The highest BCUT2D eigenvalue weighted by molar-refractivity contribution is 8.00. The molecular weight excluding hydrogens is 419 g/mol. The molecule has 0 aliphatic heterocycles. The first-order valence-corrected chi connectivity index (χ1v) is 14.3. The fraction of sp³-hybridized carbons (Fsp3) is 1.00. The SMILES string of the molecule is CCCCC(CC)CSC(C)OB(OC(C)S)OC(C)SCC(CC)CCCC. The van der Waals surface area contributed by atoms with E-state index in [-0.39, 0.29) is 16.3 Å². The highest BCUT2D eigenvalue weighted by Gasteiger charge is 2.29. The third-order valence-corrected chi connectivity index (χ3v) is 7.74. The molecule has 0 heterocycles. The van der Waals surface area contributed by atoms with Crippen LogP contribution in [-0.2, 0) is 14.0 Å². The molecule has 0 aromatic heterocycles. The fourth-order valence-electron chi connectivity index (χ4n) is 2.99. The molecule has 0 spiro atoms. The topological polar surface area (TPSA) is 27.7 Å². The van der Waals surface area contributed by atoms with Crippen LogP contribution in [0.2, 0.25) is 0 Å². The lowest BCUT2D eigenvalue weighted by molar-refractivity contribution is 0.0812. The molecule has 29 heavy (non-hydrogen) atoms. The van der Waals surface area contributed by atoms with E-state index in [9.17, 15) is 0 Å². The van der Waals surface area contributed by atoms with Gasteiger partial charge in [0.05, 0.1) is 16.3 Å². The third-order valence-electron chi connectivity index (χ3n) is 5.13. The maximum atomic E-state index is 6.09. The van der Waals surface area contributed by atoms with Gasteiger partial charge in [-0.1, -0.05) is 66.2 Å². The van der Waals surface area contributed by atoms with Crippen molar-refractivity contribution < 1.29 is 14.0 Å². The first kappa shape index (κ1) is 30.0. The predicted molar refractivity (Wildman–Crippen MR) is 138 cm³/mol. The number of thiol groups is 1. The molecule has 0 aromatic rings. The van der Waals surface area contributed by atoms with Gasteiger partial charge in [0, 0.05) is 0 Å². The van der Waals surface area contributed by atoms with Crippen LogP contribution in [0, 0.1) is 11.8 Å². The second-order valence-electron chi connectivity index (χ2n) is 7.93. The number of unbranched alkanes of at least 4 members (excludes halogenated alkanes) is 2. The molecule has 0 aliphatic carbocycles. The third kappa shape index (κ3) is 17.3. The normalized spacial score (nSPS) is 17.0. The summed E-state index contributed by atoms with van der Waals surface area (Å²) in [5.74, 6) is 3.78. The second kappa shape index (κ2) is 19.7. The van der Waals surface area contributed by atoms with Crippen LogP contribution in [0.3, 0.4) is 0 Å². The van der Waals surface area contributed by atoms with Crippen molar-refractivity contribution in [2.45, 2.75) is 116 Å². The molecule has 0 radical (unpaired) electrons. The van der Waals surface area contributed by atoms with E-state index in [0.29, 0.717) is 0 Å². The molecule has 0 rings (SSSR count). The molecule has 3 nitrogen and oxygen atoms in total. The van der Waals surface area contributed by atoms with E-state index in [1.807, 2.05) is 30.4 Å². The first-order valence-electron chi connectivity index (χ1n) is 11.7. The minimum absolute atomic E-state index is 0.0351. The van der Waals surface area contributed by atoms with Gasteiger partial charge in [-0.2, -0.15) is 0 Å². The van der Waals surface area contributed by atoms with Crippen molar-refractivity contribution in [3.8, 4) is 0 Å². The van der Waals surface area contributed by atoms with Gasteiger partial charge in [-0.05, 0) is 57.0 Å². The number of rotatable bonds is 20. The summed E-state index contributed by atoms with van der Waals surface area (Å²) in [5, 5.41) is 0. The Morgan fingerprint density at radius 3 is 1.45 bits per heavy atom. The zero-order valence-electron chi connectivity index (χ0n) is 20.0. The number of hydrogen-bond donors (Lipinski definition) is 1. The van der Waals surface area contributed by atoms with Gasteiger partial charge in [-0.15, -0.1) is 36.2 Å². The van der Waals surface area contributed by atoms with Crippen molar-refractivity contribution in [2.24, 2.45) is 11.8 Å². The molecule has 0 aliphatic rings. The minimum Gasteiger partial charge on any atom is -0.374 e. The highest BCUT2D eigenvalue weighted by atomic mass is 32.2. The predicted octanol–water partition coefficient (Wildman–Crippen LogP) is 7.89. The second-order valence-corrected chi connectivity index (χ2v) is 11.3. The summed E-state index contributed by atoms with van der Waals surface area (Å²) in [6, 6.07) is 0. The van der Waals surface area contributed by atoms with Crippen LogP contribution >= 0.6 is 36.2 Å². The van der Waals surface area contributed by atoms with Crippen LogP contribution in [-0.4, -0.2) is 35.1 Å². The van der Waals surface area contributed by atoms with Gasteiger partial charge < -0.3 is 14.0 Å². The summed E-state index contributed by atoms with van der Waals surface area (Å²) in [7, 11) is -0.668. The Morgan fingerprint density at radius 1 is 0.724 bits per heavy atom. The molecule has 7 heteroatoms. The molecule has 0 aromatic carbocycles. The van der Waals surface area contributed by atoms with Crippen LogP contribution < -0.4 is 0 Å². The van der Waals surface area contributed by atoms with Gasteiger partial charge in [0.25, 0.3) is 0 Å². The lowest BCUT2D eigenvalue weighted by Crippen LogP contribution is -2.34. The van der Waals surface area contributed by atoms with Gasteiger partial charge in [0.15, 0.2) is 0 Å². The van der Waals surface area contributed by atoms with E-state index < -0.39 is 7.32 Å². The lowest BCUT2D eigenvalue weighted by Gasteiger charge is -2.25. The summed E-state index contributed by atoms with van der Waals surface area (Å²) in [4.78, 5) is 0. The minimum atomic E-state index is -0.668. The zero-order valence-corrected chi connectivity index (χ0v) is 22.6. The molecule has 0 amide bonds. The van der Waals surface area contributed by atoms with Crippen molar-refractivity contribution in [2.75, 3.05) is 11.5 Å². The lowest BCUT2D eigenvalue weighted by atomic mass is 10.0. The summed E-state index contributed by atoms with van der Waals surface area (Å²) in [5.41, 5.74) is -0.156. The molecule has 5 atom stereocenters. The molecule has 5 unspecified atom stereocenters. The van der Waals surface area contributed by atoms with E-state index in [4.69, 9.17) is 14.0 Å². The Kier molecular flexibility index (Phi) is 20.3. The standard InChI is InChI=1S/C22H47BO3S3/c1-8-12-14-21(10-3)16-28-19(6)25-23(24-18(5)27)26-20(7)29-17-22(11-4)15-13-9-2/h18-22,27H,8-17H2,1-7H3. The van der Waals surface area contributed by atoms with Crippen LogP contribution in [0.25, 0.3) is 0 Å². The average molecular weight is 467 g/mol. The smallest absolute Gasteiger partial charge is 0.374 e. The van der Waals surface area contributed by atoms with Crippen LogP contribution in [0.5, 0.6) is 0 Å². The highest BCUT2D eigenvalue weighted by Crippen LogP contribution is 2.26. The summed E-state index contributed by atoms with van der Waals surface area (Å²) < 4.78 is 18.0. The van der Waals surface area contributed by atoms with Crippen LogP contribution in [0.1, 0.15) is 99.8 Å². The molecule has 0 saturated carbocycles. The molecule has 174 valence electrons. The molecule has 0 bridgehead atoms. The Balaban J connectivity index is 4.44. The zero-order chi connectivity index (χ0) is 22.1. The average Bonchev–Trinajstić information content (AvgIpc) is 2.67. The van der Waals surface area contributed by atoms with Gasteiger partial charge in [-0.3, -0.25) is 0 Å². The van der Waals surface area contributed by atoms with Gasteiger partial charge in [0.1, 0.15) is 0 Å². The Labute approximate surface area is 196 Å². The van der Waals surface area contributed by atoms with Gasteiger partial charge >= 0.3 is 7.32 Å². The first-order chi connectivity index (χ1) is 13.9. The fourth-order valence-corrected chi connectivity index (χ4v) is 5.32. The maximum Gasteiger partial charge on any atom is 0.641 e. The van der Waals surface area contributed by atoms with E-state index in [1.165, 1.54) is 51.4 Å². The largest absolute Gasteiger partial charge is 0.641 e. The summed E-state index contributed by atoms with van der Waals surface area (Å²) in [6.07, 6.45) is 10.2. The monoisotopic (exact) mass is 466 g/mol. The van der Waals surface area contributed by atoms with Crippen molar-refractivity contribution in [3.05, 3.63) is 0 Å². The van der Waals surface area contributed by atoms with Gasteiger partial charge in [0.2, 0.25) is 0 Å². The number of thioether (sulfide) groups is 2. The summed E-state index contributed by atoms with van der Waals surface area (Å²) >= 11 is 8.08. The molecular formula is C22H47BO3S3. The van der Waals surface area contributed by atoms with E-state index in [0.717, 1.165) is 23.3 Å². The van der Waals surface area contributed by atoms with Crippen LogP contribution in [0.4, 0.5) is 0 Å². The van der Waals surface area contributed by atoms with Crippen molar-refractivity contribution in [1.29, 1.82) is 0 Å². The van der Waals surface area contributed by atoms with E-state index in [1.54, 1.807) is 0 Å². The van der Waals surface area contributed by atoms with Crippen LogP contribution in [0.15, 0.2) is 0 Å². The van der Waals surface area contributed by atoms with E-state index >= 15 is 0 Å². The van der Waals surface area contributed by atoms with Crippen molar-refractivity contribution in [3.63, 3.8) is 0 Å². The Hall–Kier alpha value is 0.995. The summed E-state index contributed by atoms with van der Waals surface area (Å²) in [6.45, 7) is 15.2. The Morgan fingerprint density at radius 2 is 1.14 bits per heavy atom. The van der Waals surface area contributed by atoms with Crippen molar-refractivity contribution >= 4 is 43.5 Å². The number of hydrogen-bond acceptors (Lipinski definition) is 6. The maximum absolute atomic E-state index is 6.09. The Bertz CT molecular complexity index is 336. The quantitative estimate of drug-likeness (QED) is 0.112. The van der Waals surface area contributed by atoms with Crippen molar-refractivity contribution in [1.82, 2.24) is 0 Å². The molecule has 0 saturated heterocycles. The van der Waals surface area contributed by atoms with E-state index in [2.05, 4.69) is 54.2 Å². The van der Waals surface area contributed by atoms with Gasteiger partial charge in [-0.25, -0.2) is 0 Å². The molecule has 0 fully saturated rings. The molecule has 0 N–H and O–H groups in total.